The first kappa shape index (κ1) is 23.0. The van der Waals surface area contributed by atoms with E-state index in [9.17, 15) is 9.90 Å². The number of rotatable bonds is 7. The highest BCUT2D eigenvalue weighted by Crippen LogP contribution is 2.33. The average molecular weight is 470 g/mol. The van der Waals surface area contributed by atoms with Crippen molar-refractivity contribution >= 4 is 22.7 Å². The highest BCUT2D eigenvalue weighted by atomic mass is 16.5. The molecule has 0 saturated heterocycles. The van der Waals surface area contributed by atoms with E-state index in [-0.39, 0.29) is 0 Å². The SMILES string of the molecule is COc1ccc(Cn2ncc3cc(N(Cc4ccc(C5CCCCC5)cc4)C(=O)O)ccc32)cc1. The van der Waals surface area contributed by atoms with Gasteiger partial charge in [-0.15, -0.1) is 0 Å². The van der Waals surface area contributed by atoms with E-state index < -0.39 is 6.09 Å². The molecule has 6 nitrogen and oxygen atoms in total. The summed E-state index contributed by atoms with van der Waals surface area (Å²) >= 11 is 0. The van der Waals surface area contributed by atoms with Crippen LogP contribution in [0.1, 0.15) is 54.7 Å². The molecule has 0 atom stereocenters. The van der Waals surface area contributed by atoms with Crippen LogP contribution in [0.5, 0.6) is 5.75 Å². The Morgan fingerprint density at radius 1 is 1.00 bits per heavy atom. The Balaban J connectivity index is 1.33. The summed E-state index contributed by atoms with van der Waals surface area (Å²) in [5, 5.41) is 15.4. The number of carboxylic acid groups (broad SMARTS) is 1. The summed E-state index contributed by atoms with van der Waals surface area (Å²) in [6.45, 7) is 0.939. The topological polar surface area (TPSA) is 67.6 Å². The molecule has 0 unspecified atom stereocenters. The molecule has 1 amide bonds. The smallest absolute Gasteiger partial charge is 0.412 e. The van der Waals surface area contributed by atoms with Gasteiger partial charge in [0.15, 0.2) is 0 Å². The standard InChI is InChI=1S/C29H31N3O3/c1-35-27-14-9-22(10-15-27)20-32-28-16-13-26(17-25(28)18-30-32)31(29(33)34)19-21-7-11-24(12-8-21)23-5-3-2-4-6-23/h7-18,23H,2-6,19-20H2,1H3,(H,33,34). The lowest BCUT2D eigenvalue weighted by atomic mass is 9.84. The summed E-state index contributed by atoms with van der Waals surface area (Å²) in [6, 6.07) is 22.1. The zero-order valence-corrected chi connectivity index (χ0v) is 20.1. The lowest BCUT2D eigenvalue weighted by Gasteiger charge is -2.23. The third-order valence-electron chi connectivity index (χ3n) is 7.06. The van der Waals surface area contributed by atoms with Crippen LogP contribution in [0, 0.1) is 0 Å². The van der Waals surface area contributed by atoms with Gasteiger partial charge in [0, 0.05) is 11.1 Å². The molecule has 4 aromatic rings. The van der Waals surface area contributed by atoms with Crippen LogP contribution in [0.4, 0.5) is 10.5 Å². The average Bonchev–Trinajstić information content (AvgIpc) is 3.30. The molecule has 1 fully saturated rings. The summed E-state index contributed by atoms with van der Waals surface area (Å²) in [7, 11) is 1.65. The van der Waals surface area contributed by atoms with Gasteiger partial charge in [-0.1, -0.05) is 55.7 Å². The van der Waals surface area contributed by atoms with E-state index in [1.54, 1.807) is 13.3 Å². The Morgan fingerprint density at radius 2 is 1.71 bits per heavy atom. The zero-order chi connectivity index (χ0) is 24.2. The minimum atomic E-state index is -0.966. The van der Waals surface area contributed by atoms with Crippen molar-refractivity contribution < 1.29 is 14.6 Å². The predicted molar refractivity (Wildman–Crippen MR) is 138 cm³/mol. The second-order valence-corrected chi connectivity index (χ2v) is 9.34. The Kier molecular flexibility index (Phi) is 6.70. The van der Waals surface area contributed by atoms with E-state index in [0.717, 1.165) is 27.8 Å². The number of carbonyl (C=O) groups is 1. The summed E-state index contributed by atoms with van der Waals surface area (Å²) in [5.74, 6) is 1.46. The van der Waals surface area contributed by atoms with Crippen molar-refractivity contribution in [2.75, 3.05) is 12.0 Å². The largest absolute Gasteiger partial charge is 0.497 e. The molecule has 1 aromatic heterocycles. The molecule has 1 aliphatic rings. The summed E-state index contributed by atoms with van der Waals surface area (Å²) in [6.07, 6.45) is 7.29. The monoisotopic (exact) mass is 469 g/mol. The number of methoxy groups -OCH3 is 1. The summed E-state index contributed by atoms with van der Waals surface area (Å²) in [5.41, 5.74) is 5.09. The summed E-state index contributed by atoms with van der Waals surface area (Å²) in [4.78, 5) is 13.5. The molecule has 6 heteroatoms. The lowest BCUT2D eigenvalue weighted by Crippen LogP contribution is -2.28. The Morgan fingerprint density at radius 3 is 2.40 bits per heavy atom. The second-order valence-electron chi connectivity index (χ2n) is 9.34. The maximum atomic E-state index is 12.1. The van der Waals surface area contributed by atoms with Gasteiger partial charge in [-0.25, -0.2) is 4.79 Å². The van der Waals surface area contributed by atoms with Crippen LogP contribution in [0.15, 0.2) is 72.9 Å². The van der Waals surface area contributed by atoms with E-state index in [2.05, 4.69) is 29.4 Å². The zero-order valence-electron chi connectivity index (χ0n) is 20.1. The van der Waals surface area contributed by atoms with Crippen molar-refractivity contribution in [3.8, 4) is 5.75 Å². The molecule has 1 N–H and O–H groups in total. The number of anilines is 1. The van der Waals surface area contributed by atoms with Crippen molar-refractivity contribution in [3.63, 3.8) is 0 Å². The van der Waals surface area contributed by atoms with Crippen LogP contribution < -0.4 is 9.64 Å². The van der Waals surface area contributed by atoms with Crippen molar-refractivity contribution in [1.82, 2.24) is 9.78 Å². The molecule has 1 saturated carbocycles. The molecule has 0 radical (unpaired) electrons. The van der Waals surface area contributed by atoms with Crippen LogP contribution in [0.3, 0.4) is 0 Å². The van der Waals surface area contributed by atoms with Crippen LogP contribution >= 0.6 is 0 Å². The molecule has 3 aromatic carbocycles. The Bertz CT molecular complexity index is 1290. The molecular weight excluding hydrogens is 438 g/mol. The second kappa shape index (κ2) is 10.2. The molecule has 0 spiro atoms. The van der Waals surface area contributed by atoms with Gasteiger partial charge in [0.25, 0.3) is 0 Å². The fourth-order valence-electron chi connectivity index (χ4n) is 5.06. The van der Waals surface area contributed by atoms with E-state index in [1.807, 2.05) is 47.1 Å². The van der Waals surface area contributed by atoms with Gasteiger partial charge in [-0.2, -0.15) is 5.10 Å². The van der Waals surface area contributed by atoms with Gasteiger partial charge < -0.3 is 9.84 Å². The van der Waals surface area contributed by atoms with Crippen molar-refractivity contribution in [2.24, 2.45) is 0 Å². The van der Waals surface area contributed by atoms with Crippen LogP contribution in [-0.2, 0) is 13.1 Å². The van der Waals surface area contributed by atoms with Crippen molar-refractivity contribution in [2.45, 2.75) is 51.1 Å². The van der Waals surface area contributed by atoms with Crippen molar-refractivity contribution in [1.29, 1.82) is 0 Å². The molecule has 35 heavy (non-hydrogen) atoms. The van der Waals surface area contributed by atoms with Gasteiger partial charge >= 0.3 is 6.09 Å². The molecular formula is C29H31N3O3. The molecule has 5 rings (SSSR count). The number of fused-ring (bicyclic) bond motifs is 1. The number of benzene rings is 3. The Hall–Kier alpha value is -3.80. The summed E-state index contributed by atoms with van der Waals surface area (Å²) < 4.78 is 7.16. The molecule has 0 bridgehead atoms. The van der Waals surface area contributed by atoms with E-state index in [0.29, 0.717) is 24.7 Å². The highest BCUT2D eigenvalue weighted by Gasteiger charge is 2.18. The first-order chi connectivity index (χ1) is 17.1. The van der Waals surface area contributed by atoms with Crippen LogP contribution in [0.25, 0.3) is 10.9 Å². The number of hydrogen-bond acceptors (Lipinski definition) is 3. The molecule has 1 heterocycles. The number of aromatic nitrogens is 2. The minimum Gasteiger partial charge on any atom is -0.497 e. The highest BCUT2D eigenvalue weighted by molar-refractivity contribution is 5.91. The van der Waals surface area contributed by atoms with Crippen molar-refractivity contribution in [3.05, 3.63) is 89.6 Å². The number of nitrogens with zero attached hydrogens (tertiary/aromatic N) is 3. The fraction of sp³-hybridized carbons (Fsp3) is 0.310. The van der Waals surface area contributed by atoms with Gasteiger partial charge in [0.05, 0.1) is 31.9 Å². The third kappa shape index (κ3) is 5.16. The first-order valence-electron chi connectivity index (χ1n) is 12.3. The minimum absolute atomic E-state index is 0.311. The normalized spacial score (nSPS) is 14.2. The quantitative estimate of drug-likeness (QED) is 0.322. The number of amides is 1. The number of hydrogen-bond donors (Lipinski definition) is 1. The van der Waals surface area contributed by atoms with Gasteiger partial charge in [0.1, 0.15) is 5.75 Å². The van der Waals surface area contributed by atoms with Gasteiger partial charge in [-0.05, 0) is 65.8 Å². The fourth-order valence-corrected chi connectivity index (χ4v) is 5.06. The maximum Gasteiger partial charge on any atom is 0.412 e. The molecule has 180 valence electrons. The first-order valence-corrected chi connectivity index (χ1v) is 12.3. The predicted octanol–water partition coefficient (Wildman–Crippen LogP) is 6.83. The maximum absolute atomic E-state index is 12.1. The van der Waals surface area contributed by atoms with Crippen LogP contribution in [0.2, 0.25) is 0 Å². The number of ether oxygens (including phenoxy) is 1. The van der Waals surface area contributed by atoms with Gasteiger partial charge in [-0.3, -0.25) is 9.58 Å². The van der Waals surface area contributed by atoms with E-state index in [4.69, 9.17) is 4.74 Å². The van der Waals surface area contributed by atoms with Crippen LogP contribution in [-0.4, -0.2) is 28.1 Å². The van der Waals surface area contributed by atoms with E-state index in [1.165, 1.54) is 42.6 Å². The third-order valence-corrected chi connectivity index (χ3v) is 7.06. The molecule has 1 aliphatic carbocycles. The van der Waals surface area contributed by atoms with E-state index >= 15 is 0 Å². The molecule has 0 aliphatic heterocycles. The Labute approximate surface area is 205 Å². The lowest BCUT2D eigenvalue weighted by molar-refractivity contribution is 0.201. The van der Waals surface area contributed by atoms with Gasteiger partial charge in [0.2, 0.25) is 0 Å².